The van der Waals surface area contributed by atoms with Gasteiger partial charge in [0.1, 0.15) is 5.75 Å². The van der Waals surface area contributed by atoms with Crippen LogP contribution >= 0.6 is 0 Å². The second kappa shape index (κ2) is 7.48. The van der Waals surface area contributed by atoms with Crippen molar-refractivity contribution >= 4 is 0 Å². The minimum Gasteiger partial charge on any atom is -0.494 e. The molecule has 1 heterocycles. The van der Waals surface area contributed by atoms with Gasteiger partial charge < -0.3 is 19.9 Å². The third-order valence-corrected chi connectivity index (χ3v) is 3.29. The van der Waals surface area contributed by atoms with E-state index in [0.29, 0.717) is 19.1 Å². The molecule has 4 nitrogen and oxygen atoms in total. The molecule has 4 heteroatoms. The molecule has 1 saturated heterocycles. The molecule has 2 unspecified atom stereocenters. The fourth-order valence-electron chi connectivity index (χ4n) is 2.24. The zero-order chi connectivity index (χ0) is 13.5. The lowest BCUT2D eigenvalue weighted by atomic mass is 10.1. The summed E-state index contributed by atoms with van der Waals surface area (Å²) in [6.07, 6.45) is 1.09. The van der Waals surface area contributed by atoms with Crippen molar-refractivity contribution in [3.05, 3.63) is 29.8 Å². The monoisotopic (exact) mass is 265 g/mol. The highest BCUT2D eigenvalue weighted by atomic mass is 16.5. The first-order valence-electron chi connectivity index (χ1n) is 6.94. The van der Waals surface area contributed by atoms with Gasteiger partial charge in [-0.25, -0.2) is 0 Å². The largest absolute Gasteiger partial charge is 0.494 e. The Morgan fingerprint density at radius 3 is 3.00 bits per heavy atom. The Hall–Kier alpha value is -1.10. The Kier molecular flexibility index (Phi) is 5.63. The van der Waals surface area contributed by atoms with Gasteiger partial charge in [-0.15, -0.1) is 0 Å². The average molecular weight is 265 g/mol. The Morgan fingerprint density at radius 2 is 2.26 bits per heavy atom. The minimum absolute atomic E-state index is 0.148. The van der Waals surface area contributed by atoms with Gasteiger partial charge in [0, 0.05) is 18.1 Å². The van der Waals surface area contributed by atoms with Crippen LogP contribution in [0, 0.1) is 5.92 Å². The van der Waals surface area contributed by atoms with Crippen LogP contribution in [0.2, 0.25) is 0 Å². The smallest absolute Gasteiger partial charge is 0.124 e. The van der Waals surface area contributed by atoms with E-state index in [1.165, 1.54) is 0 Å². The summed E-state index contributed by atoms with van der Waals surface area (Å²) in [7, 11) is 0. The summed E-state index contributed by atoms with van der Waals surface area (Å²) < 4.78 is 16.6. The molecule has 2 N–H and O–H groups in total. The molecule has 106 valence electrons. The molecule has 0 aromatic heterocycles. The molecule has 19 heavy (non-hydrogen) atoms. The zero-order valence-corrected chi connectivity index (χ0v) is 11.5. The van der Waals surface area contributed by atoms with Gasteiger partial charge in [-0.05, 0) is 19.4 Å². The summed E-state index contributed by atoms with van der Waals surface area (Å²) in [5.41, 5.74) is 7.18. The number of ether oxygens (including phenoxy) is 3. The Labute approximate surface area is 114 Å². The molecule has 2 rings (SSSR count). The van der Waals surface area contributed by atoms with Crippen LogP contribution in [0.15, 0.2) is 24.3 Å². The molecule has 0 bridgehead atoms. The van der Waals surface area contributed by atoms with Gasteiger partial charge in [-0.3, -0.25) is 0 Å². The Bertz CT molecular complexity index is 377. The molecule has 0 radical (unpaired) electrons. The summed E-state index contributed by atoms with van der Waals surface area (Å²) in [6, 6.07) is 7.73. The van der Waals surface area contributed by atoms with Gasteiger partial charge >= 0.3 is 0 Å². The van der Waals surface area contributed by atoms with Crippen LogP contribution in [0.4, 0.5) is 0 Å². The van der Waals surface area contributed by atoms with Gasteiger partial charge in [-0.1, -0.05) is 18.2 Å². The summed E-state index contributed by atoms with van der Waals surface area (Å²) in [4.78, 5) is 0. The molecule has 0 spiro atoms. The number of benzene rings is 1. The van der Waals surface area contributed by atoms with E-state index in [9.17, 15) is 0 Å². The van der Waals surface area contributed by atoms with Gasteiger partial charge in [0.25, 0.3) is 0 Å². The lowest BCUT2D eigenvalue weighted by Crippen LogP contribution is -2.20. The van der Waals surface area contributed by atoms with Crippen molar-refractivity contribution < 1.29 is 14.2 Å². The molecule has 1 aromatic carbocycles. The molecular formula is C15H23NO3. The predicted molar refractivity (Wildman–Crippen MR) is 74.3 cm³/mol. The van der Waals surface area contributed by atoms with Gasteiger partial charge in [-0.2, -0.15) is 0 Å². The van der Waals surface area contributed by atoms with Crippen LogP contribution < -0.4 is 10.5 Å². The molecule has 2 atom stereocenters. The molecular weight excluding hydrogens is 242 g/mol. The molecule has 0 aliphatic carbocycles. The first-order valence-corrected chi connectivity index (χ1v) is 6.94. The van der Waals surface area contributed by atoms with E-state index in [1.807, 2.05) is 31.2 Å². The fourth-order valence-corrected chi connectivity index (χ4v) is 2.24. The molecule has 0 saturated carbocycles. The van der Waals surface area contributed by atoms with Crippen LogP contribution in [-0.2, 0) is 9.47 Å². The van der Waals surface area contributed by atoms with Crippen molar-refractivity contribution in [1.29, 1.82) is 0 Å². The number of hydrogen-bond acceptors (Lipinski definition) is 4. The van der Waals surface area contributed by atoms with Crippen molar-refractivity contribution in [2.75, 3.05) is 33.0 Å². The maximum atomic E-state index is 6.17. The highest BCUT2D eigenvalue weighted by Crippen LogP contribution is 2.24. The average Bonchev–Trinajstić information content (AvgIpc) is 2.93. The van der Waals surface area contributed by atoms with Crippen molar-refractivity contribution in [1.82, 2.24) is 0 Å². The van der Waals surface area contributed by atoms with Crippen molar-refractivity contribution in [2.24, 2.45) is 11.7 Å². The summed E-state index contributed by atoms with van der Waals surface area (Å²) >= 11 is 0. The SMILES string of the molecule is CCOc1ccccc1C(N)COCC1CCOC1. The Balaban J connectivity index is 1.82. The second-order valence-electron chi connectivity index (χ2n) is 4.84. The number of hydrogen-bond donors (Lipinski definition) is 1. The topological polar surface area (TPSA) is 53.7 Å². The summed E-state index contributed by atoms with van der Waals surface area (Å²) in [6.45, 7) is 5.52. The van der Waals surface area contributed by atoms with Gasteiger partial charge in [0.05, 0.1) is 32.5 Å². The zero-order valence-electron chi connectivity index (χ0n) is 11.5. The first-order chi connectivity index (χ1) is 9.31. The van der Waals surface area contributed by atoms with Crippen LogP contribution in [0.1, 0.15) is 24.9 Å². The van der Waals surface area contributed by atoms with E-state index in [-0.39, 0.29) is 6.04 Å². The lowest BCUT2D eigenvalue weighted by Gasteiger charge is -2.17. The predicted octanol–water partition coefficient (Wildman–Crippen LogP) is 2.14. The fraction of sp³-hybridized carbons (Fsp3) is 0.600. The molecule has 1 aliphatic rings. The first kappa shape index (κ1) is 14.3. The van der Waals surface area contributed by atoms with Crippen LogP contribution in [0.3, 0.4) is 0 Å². The maximum Gasteiger partial charge on any atom is 0.124 e. The summed E-state index contributed by atoms with van der Waals surface area (Å²) in [5.74, 6) is 1.37. The molecule has 0 amide bonds. The highest BCUT2D eigenvalue weighted by molar-refractivity contribution is 5.35. The molecule has 1 aromatic rings. The van der Waals surface area contributed by atoms with Crippen LogP contribution in [0.5, 0.6) is 5.75 Å². The Morgan fingerprint density at radius 1 is 1.42 bits per heavy atom. The third kappa shape index (κ3) is 4.20. The lowest BCUT2D eigenvalue weighted by molar-refractivity contribution is 0.0803. The molecule has 1 aliphatic heterocycles. The maximum absolute atomic E-state index is 6.17. The highest BCUT2D eigenvalue weighted by Gasteiger charge is 2.17. The normalized spacial score (nSPS) is 20.4. The minimum atomic E-state index is -0.148. The number of nitrogens with two attached hydrogens (primary N) is 1. The van der Waals surface area contributed by atoms with Crippen LogP contribution in [0.25, 0.3) is 0 Å². The summed E-state index contributed by atoms with van der Waals surface area (Å²) in [5, 5.41) is 0. The van der Waals surface area contributed by atoms with E-state index >= 15 is 0 Å². The quantitative estimate of drug-likeness (QED) is 0.820. The van der Waals surface area contributed by atoms with E-state index in [2.05, 4.69) is 0 Å². The third-order valence-electron chi connectivity index (χ3n) is 3.29. The standard InChI is InChI=1S/C15H23NO3/c1-2-19-15-6-4-3-5-13(15)14(16)11-18-10-12-7-8-17-9-12/h3-6,12,14H,2,7-11,16H2,1H3. The van der Waals surface area contributed by atoms with Crippen molar-refractivity contribution in [3.8, 4) is 5.75 Å². The van der Waals surface area contributed by atoms with E-state index < -0.39 is 0 Å². The van der Waals surface area contributed by atoms with Gasteiger partial charge in [0.2, 0.25) is 0 Å². The van der Waals surface area contributed by atoms with E-state index in [0.717, 1.165) is 37.6 Å². The molecule has 1 fully saturated rings. The van der Waals surface area contributed by atoms with Crippen LogP contribution in [-0.4, -0.2) is 33.0 Å². The van der Waals surface area contributed by atoms with Crippen molar-refractivity contribution in [3.63, 3.8) is 0 Å². The second-order valence-corrected chi connectivity index (χ2v) is 4.84. The number of para-hydroxylation sites is 1. The van der Waals surface area contributed by atoms with Crippen molar-refractivity contribution in [2.45, 2.75) is 19.4 Å². The van der Waals surface area contributed by atoms with Gasteiger partial charge in [0.15, 0.2) is 0 Å². The van der Waals surface area contributed by atoms with E-state index in [1.54, 1.807) is 0 Å². The van der Waals surface area contributed by atoms with E-state index in [4.69, 9.17) is 19.9 Å². The number of rotatable bonds is 7.